The van der Waals surface area contributed by atoms with Crippen molar-refractivity contribution in [2.45, 2.75) is 32.1 Å². The first-order chi connectivity index (χ1) is 15.9. The number of aromatic nitrogens is 1. The van der Waals surface area contributed by atoms with Gasteiger partial charge in [0, 0.05) is 38.6 Å². The van der Waals surface area contributed by atoms with Crippen LogP contribution in [0, 0.1) is 5.92 Å². The Morgan fingerprint density at radius 3 is 2.40 bits per heavy atom. The van der Waals surface area contributed by atoms with Crippen LogP contribution in [0.1, 0.15) is 42.7 Å². The number of hydrazine groups is 1. The zero-order valence-electron chi connectivity index (χ0n) is 19.8. The summed E-state index contributed by atoms with van der Waals surface area (Å²) in [5.74, 6) is 0.0581. The van der Waals surface area contributed by atoms with E-state index in [0.717, 1.165) is 36.8 Å². The van der Waals surface area contributed by atoms with Gasteiger partial charge in [-0.3, -0.25) is 9.59 Å². The summed E-state index contributed by atoms with van der Waals surface area (Å²) in [6.45, 7) is 0. The molecule has 1 fully saturated rings. The van der Waals surface area contributed by atoms with Crippen LogP contribution in [-0.4, -0.2) is 43.0 Å². The second kappa shape index (κ2) is 12.4. The zero-order chi connectivity index (χ0) is 23.5. The lowest BCUT2D eigenvalue weighted by Gasteiger charge is -2.34. The van der Waals surface area contributed by atoms with E-state index in [9.17, 15) is 9.59 Å². The summed E-state index contributed by atoms with van der Waals surface area (Å²) in [7, 11) is 5.47. The smallest absolute Gasteiger partial charge is 0.292 e. The molecule has 2 amide bonds. The van der Waals surface area contributed by atoms with Gasteiger partial charge in [0.05, 0.1) is 10.7 Å². The van der Waals surface area contributed by atoms with Crippen molar-refractivity contribution in [3.05, 3.63) is 47.3 Å². The summed E-state index contributed by atoms with van der Waals surface area (Å²) in [4.78, 5) is 30.5. The van der Waals surface area contributed by atoms with Gasteiger partial charge in [0.1, 0.15) is 11.5 Å². The summed E-state index contributed by atoms with van der Waals surface area (Å²) in [6, 6.07) is 8.68. The third kappa shape index (κ3) is 6.19. The summed E-state index contributed by atoms with van der Waals surface area (Å²) in [5.41, 5.74) is 1.80. The van der Waals surface area contributed by atoms with Gasteiger partial charge in [-0.2, -0.15) is 0 Å². The number of nitrogens with one attached hydrogen (secondary N) is 2. The van der Waals surface area contributed by atoms with Gasteiger partial charge in [0.2, 0.25) is 5.91 Å². The number of fused-ring (bicyclic) bond motifs is 1. The number of nitrogens with zero attached hydrogens (tertiary/aromatic N) is 3. The van der Waals surface area contributed by atoms with E-state index in [1.54, 1.807) is 35.3 Å². The number of carbonyl (C=O) groups excluding carboxylic acids is 2. The molecule has 1 saturated carbocycles. The molecule has 0 bridgehead atoms. The number of amides is 2. The van der Waals surface area contributed by atoms with Gasteiger partial charge in [-0.25, -0.2) is 15.0 Å². The quantitative estimate of drug-likeness (QED) is 0.371. The van der Waals surface area contributed by atoms with Crippen molar-refractivity contribution in [1.29, 1.82) is 0 Å². The molecule has 2 N–H and O–H groups in total. The van der Waals surface area contributed by atoms with Gasteiger partial charge in [-0.15, -0.1) is 24.8 Å². The first kappa shape index (κ1) is 28.7. The van der Waals surface area contributed by atoms with Crippen LogP contribution in [0.2, 0.25) is 5.02 Å². The highest BCUT2D eigenvalue weighted by Crippen LogP contribution is 2.39. The molecule has 4 rings (SSSR count). The fourth-order valence-electron chi connectivity index (χ4n) is 4.27. The van der Waals surface area contributed by atoms with Crippen LogP contribution < -0.4 is 15.6 Å². The number of carbonyl (C=O) groups is 2. The van der Waals surface area contributed by atoms with E-state index < -0.39 is 5.91 Å². The van der Waals surface area contributed by atoms with Crippen molar-refractivity contribution < 1.29 is 14.0 Å². The summed E-state index contributed by atoms with van der Waals surface area (Å²) < 4.78 is 6.04. The SMILES string of the molecule is CNc1ccc2cc(C(=O)Nc3ccc(Cl)cn3)oc2c1N(C(=O)C1CCCCC1)N(C)C.Cl.Cl. The van der Waals surface area contributed by atoms with Crippen LogP contribution in [0.25, 0.3) is 11.0 Å². The standard InChI is InChI=1S/C24H28ClN5O3.2ClH/c1-26-18-11-9-16-13-19(23(31)28-20-12-10-17(25)14-27-20)33-22(16)21(18)30(29(2)3)24(32)15-7-5-4-6-8-15;;/h9-15,26H,4-8H2,1-3H3,(H,27,28,31);2*1H. The fraction of sp³-hybridized carbons (Fsp3) is 0.375. The van der Waals surface area contributed by atoms with Crippen LogP contribution in [0.3, 0.4) is 0 Å². The number of benzene rings is 1. The average Bonchev–Trinajstić information content (AvgIpc) is 3.26. The molecule has 190 valence electrons. The Kier molecular flexibility index (Phi) is 10.2. The molecular weight excluding hydrogens is 513 g/mol. The van der Waals surface area contributed by atoms with Gasteiger partial charge in [-0.1, -0.05) is 30.9 Å². The van der Waals surface area contributed by atoms with E-state index in [1.165, 1.54) is 12.6 Å². The van der Waals surface area contributed by atoms with Gasteiger partial charge >= 0.3 is 0 Å². The number of anilines is 3. The van der Waals surface area contributed by atoms with Crippen molar-refractivity contribution in [2.24, 2.45) is 5.92 Å². The molecule has 1 aromatic carbocycles. The van der Waals surface area contributed by atoms with Crippen LogP contribution >= 0.6 is 36.4 Å². The van der Waals surface area contributed by atoms with Crippen molar-refractivity contribution in [2.75, 3.05) is 36.8 Å². The lowest BCUT2D eigenvalue weighted by molar-refractivity contribution is -0.125. The molecule has 1 aliphatic carbocycles. The third-order valence-electron chi connectivity index (χ3n) is 5.90. The van der Waals surface area contributed by atoms with Crippen molar-refractivity contribution in [3.8, 4) is 0 Å². The van der Waals surface area contributed by atoms with E-state index in [0.29, 0.717) is 22.1 Å². The molecule has 1 aliphatic rings. The van der Waals surface area contributed by atoms with Crippen LogP contribution in [0.4, 0.5) is 17.2 Å². The molecule has 35 heavy (non-hydrogen) atoms. The Morgan fingerprint density at radius 2 is 1.80 bits per heavy atom. The Morgan fingerprint density at radius 1 is 1.09 bits per heavy atom. The number of rotatable bonds is 6. The minimum Gasteiger partial charge on any atom is -0.449 e. The molecule has 2 heterocycles. The molecule has 0 atom stereocenters. The van der Waals surface area contributed by atoms with E-state index in [2.05, 4.69) is 15.6 Å². The lowest BCUT2D eigenvalue weighted by atomic mass is 9.88. The molecule has 11 heteroatoms. The highest BCUT2D eigenvalue weighted by atomic mass is 35.5. The monoisotopic (exact) mass is 541 g/mol. The normalized spacial score (nSPS) is 13.6. The minimum absolute atomic E-state index is 0. The molecule has 0 spiro atoms. The maximum Gasteiger partial charge on any atom is 0.292 e. The predicted molar refractivity (Wildman–Crippen MR) is 145 cm³/mol. The number of hydrogen-bond acceptors (Lipinski definition) is 6. The molecule has 2 aromatic heterocycles. The number of furan rings is 1. The molecular formula is C24H30Cl3N5O3. The third-order valence-corrected chi connectivity index (χ3v) is 6.12. The minimum atomic E-state index is -0.437. The Labute approximate surface area is 222 Å². The Bertz CT molecular complexity index is 1160. The van der Waals surface area contributed by atoms with Gasteiger partial charge in [0.15, 0.2) is 11.3 Å². The summed E-state index contributed by atoms with van der Waals surface area (Å²) in [6.07, 6.45) is 6.51. The molecule has 0 saturated heterocycles. The van der Waals surface area contributed by atoms with Gasteiger partial charge in [-0.05, 0) is 43.2 Å². The second-order valence-electron chi connectivity index (χ2n) is 8.39. The number of pyridine rings is 1. The average molecular weight is 543 g/mol. The van der Waals surface area contributed by atoms with Crippen molar-refractivity contribution >= 4 is 76.4 Å². The Hall–Kier alpha value is -2.52. The van der Waals surface area contributed by atoms with Gasteiger partial charge in [0.25, 0.3) is 5.91 Å². The van der Waals surface area contributed by atoms with E-state index >= 15 is 0 Å². The fourth-order valence-corrected chi connectivity index (χ4v) is 4.38. The predicted octanol–water partition coefficient (Wildman–Crippen LogP) is 6.01. The molecule has 8 nitrogen and oxygen atoms in total. The van der Waals surface area contributed by atoms with E-state index in [1.807, 2.05) is 26.2 Å². The molecule has 0 unspecified atom stereocenters. The topological polar surface area (TPSA) is 90.7 Å². The number of halogens is 3. The largest absolute Gasteiger partial charge is 0.449 e. The zero-order valence-corrected chi connectivity index (χ0v) is 22.2. The van der Waals surface area contributed by atoms with E-state index in [-0.39, 0.29) is 42.4 Å². The second-order valence-corrected chi connectivity index (χ2v) is 8.83. The Balaban J connectivity index is 0.00000216. The van der Waals surface area contributed by atoms with Crippen LogP contribution in [0.15, 0.2) is 40.9 Å². The van der Waals surface area contributed by atoms with E-state index in [4.69, 9.17) is 16.0 Å². The molecule has 3 aromatic rings. The maximum absolute atomic E-state index is 13.6. The highest BCUT2D eigenvalue weighted by Gasteiger charge is 2.32. The van der Waals surface area contributed by atoms with Crippen LogP contribution in [-0.2, 0) is 4.79 Å². The first-order valence-electron chi connectivity index (χ1n) is 11.1. The summed E-state index contributed by atoms with van der Waals surface area (Å²) in [5, 5.41) is 10.5. The van der Waals surface area contributed by atoms with Crippen LogP contribution in [0.5, 0.6) is 0 Å². The molecule has 0 aliphatic heterocycles. The number of hydrogen-bond donors (Lipinski definition) is 2. The highest BCUT2D eigenvalue weighted by molar-refractivity contribution is 6.30. The first-order valence-corrected chi connectivity index (χ1v) is 11.4. The molecule has 0 radical (unpaired) electrons. The van der Waals surface area contributed by atoms with Crippen molar-refractivity contribution in [3.63, 3.8) is 0 Å². The summed E-state index contributed by atoms with van der Waals surface area (Å²) >= 11 is 5.87. The lowest BCUT2D eigenvalue weighted by Crippen LogP contribution is -2.46. The van der Waals surface area contributed by atoms with Crippen molar-refractivity contribution in [1.82, 2.24) is 9.99 Å². The van der Waals surface area contributed by atoms with Gasteiger partial charge < -0.3 is 15.1 Å². The maximum atomic E-state index is 13.6.